The molecule has 4 aliphatic carbocycles. The molecule has 4 fully saturated rings. The summed E-state index contributed by atoms with van der Waals surface area (Å²) in [6.45, 7) is 5.45. The second-order valence-electron chi connectivity index (χ2n) is 10.3. The lowest BCUT2D eigenvalue weighted by Gasteiger charge is -2.56. The van der Waals surface area contributed by atoms with Gasteiger partial charge in [0.25, 0.3) is 11.8 Å². The molecule has 1 aromatic carbocycles. The van der Waals surface area contributed by atoms with Crippen LogP contribution in [0, 0.1) is 37.0 Å². The number of likely N-dealkylation sites (N-methyl/N-ethyl adjacent to an activating group) is 1. The third-order valence-corrected chi connectivity index (χ3v) is 7.50. The van der Waals surface area contributed by atoms with E-state index < -0.39 is 0 Å². The molecule has 0 saturated heterocycles. The van der Waals surface area contributed by atoms with Gasteiger partial charge in [0, 0.05) is 12.2 Å². The topological polar surface area (TPSA) is 62.6 Å². The number of rotatable bonds is 7. The van der Waals surface area contributed by atoms with Crippen LogP contribution in [0.15, 0.2) is 18.2 Å². The van der Waals surface area contributed by atoms with E-state index in [1.807, 2.05) is 39.1 Å². The van der Waals surface area contributed by atoms with Crippen LogP contribution in [0.25, 0.3) is 0 Å². The minimum atomic E-state index is -0.0474. The van der Waals surface area contributed by atoms with Crippen molar-refractivity contribution in [1.29, 1.82) is 0 Å². The Bertz CT molecular complexity index is 733. The number of amides is 2. The highest BCUT2D eigenvalue weighted by Crippen LogP contribution is 2.59. The first-order valence-corrected chi connectivity index (χ1v) is 11.3. The maximum absolute atomic E-state index is 12.5. The summed E-state index contributed by atoms with van der Waals surface area (Å²) in [7, 11) is 1.91. The van der Waals surface area contributed by atoms with Crippen molar-refractivity contribution in [1.82, 2.24) is 5.32 Å². The van der Waals surface area contributed by atoms with Crippen molar-refractivity contribution < 1.29 is 14.5 Å². The van der Waals surface area contributed by atoms with E-state index in [-0.39, 0.29) is 11.8 Å². The van der Waals surface area contributed by atoms with Gasteiger partial charge in [-0.15, -0.1) is 0 Å². The Labute approximate surface area is 174 Å². The highest BCUT2D eigenvalue weighted by atomic mass is 16.2. The molecule has 1 aromatic rings. The molecule has 5 heteroatoms. The summed E-state index contributed by atoms with van der Waals surface area (Å²) in [5.74, 6) is 2.73. The highest BCUT2D eigenvalue weighted by molar-refractivity contribution is 5.93. The first-order chi connectivity index (χ1) is 13.8. The van der Waals surface area contributed by atoms with Crippen LogP contribution in [0.1, 0.15) is 49.7 Å². The van der Waals surface area contributed by atoms with Gasteiger partial charge >= 0.3 is 0 Å². The third kappa shape index (κ3) is 4.66. The van der Waals surface area contributed by atoms with Crippen molar-refractivity contribution in [3.8, 4) is 0 Å². The van der Waals surface area contributed by atoms with E-state index in [9.17, 15) is 9.59 Å². The molecule has 4 saturated carbocycles. The number of aryl methyl sites for hydroxylation is 2. The molecular weight excluding hydrogens is 362 g/mol. The van der Waals surface area contributed by atoms with Gasteiger partial charge in [-0.1, -0.05) is 18.2 Å². The van der Waals surface area contributed by atoms with E-state index in [1.54, 1.807) is 0 Å². The quantitative estimate of drug-likeness (QED) is 0.659. The predicted molar refractivity (Wildman–Crippen MR) is 115 cm³/mol. The zero-order valence-corrected chi connectivity index (χ0v) is 18.1. The fourth-order valence-electron chi connectivity index (χ4n) is 6.66. The first-order valence-electron chi connectivity index (χ1n) is 11.3. The van der Waals surface area contributed by atoms with Crippen LogP contribution >= 0.6 is 0 Å². The van der Waals surface area contributed by atoms with Crippen LogP contribution in [-0.4, -0.2) is 38.5 Å². The van der Waals surface area contributed by atoms with Gasteiger partial charge in [-0.05, 0) is 86.7 Å². The molecule has 0 aliphatic heterocycles. The van der Waals surface area contributed by atoms with Gasteiger partial charge in [-0.25, -0.2) is 0 Å². The molecule has 2 amide bonds. The Balaban J connectivity index is 1.23. The summed E-state index contributed by atoms with van der Waals surface area (Å²) < 4.78 is 0. The summed E-state index contributed by atoms with van der Waals surface area (Å²) in [4.78, 5) is 25.9. The minimum absolute atomic E-state index is 0.0474. The van der Waals surface area contributed by atoms with Gasteiger partial charge in [-0.3, -0.25) is 9.59 Å². The number of para-hydroxylation sites is 1. The molecule has 5 nitrogen and oxygen atoms in total. The lowest BCUT2D eigenvalue weighted by Crippen LogP contribution is -3.11. The van der Waals surface area contributed by atoms with Crippen molar-refractivity contribution in [2.45, 2.75) is 52.4 Å². The van der Waals surface area contributed by atoms with E-state index in [4.69, 9.17) is 0 Å². The molecule has 3 N–H and O–H groups in total. The van der Waals surface area contributed by atoms with Gasteiger partial charge in [0.15, 0.2) is 13.1 Å². The van der Waals surface area contributed by atoms with E-state index in [1.165, 1.54) is 38.5 Å². The fourth-order valence-corrected chi connectivity index (χ4v) is 6.66. The number of carbonyl (C=O) groups excluding carboxylic acids is 2. The predicted octanol–water partition coefficient (Wildman–Crippen LogP) is 2.09. The molecular formula is C24H36N3O2+. The van der Waals surface area contributed by atoms with Crippen LogP contribution < -0.4 is 15.5 Å². The van der Waals surface area contributed by atoms with Crippen LogP contribution in [-0.2, 0) is 9.59 Å². The van der Waals surface area contributed by atoms with E-state index in [0.717, 1.165) is 46.0 Å². The Morgan fingerprint density at radius 2 is 1.48 bits per heavy atom. The summed E-state index contributed by atoms with van der Waals surface area (Å²) in [6, 6.07) is 5.99. The lowest BCUT2D eigenvalue weighted by atomic mass is 9.49. The molecule has 1 atom stereocenters. The van der Waals surface area contributed by atoms with Gasteiger partial charge < -0.3 is 15.5 Å². The molecule has 29 heavy (non-hydrogen) atoms. The molecule has 0 heterocycles. The van der Waals surface area contributed by atoms with Gasteiger partial charge in [0.2, 0.25) is 0 Å². The molecule has 0 radical (unpaired) electrons. The van der Waals surface area contributed by atoms with Crippen LogP contribution in [0.5, 0.6) is 0 Å². The molecule has 0 spiro atoms. The monoisotopic (exact) mass is 398 g/mol. The number of nitrogens with one attached hydrogen (secondary N) is 3. The second kappa shape index (κ2) is 8.10. The van der Waals surface area contributed by atoms with Crippen molar-refractivity contribution >= 4 is 17.5 Å². The van der Waals surface area contributed by atoms with Gasteiger partial charge in [0.05, 0.1) is 7.05 Å². The summed E-state index contributed by atoms with van der Waals surface area (Å²) in [6.07, 6.45) is 8.20. The normalized spacial score (nSPS) is 30.8. The SMILES string of the molecule is Cc1cccc(C)c1NC(=O)C[NH+](C)CC(=O)NCC12CC3CC(CC(C3)C1)C2. The minimum Gasteiger partial charge on any atom is -0.351 e. The van der Waals surface area contributed by atoms with Crippen LogP contribution in [0.3, 0.4) is 0 Å². The smallest absolute Gasteiger partial charge is 0.279 e. The summed E-state index contributed by atoms with van der Waals surface area (Å²) in [5.41, 5.74) is 3.36. The van der Waals surface area contributed by atoms with Gasteiger partial charge in [0.1, 0.15) is 0 Å². The average molecular weight is 399 g/mol. The number of hydrogen-bond donors (Lipinski definition) is 3. The first kappa shape index (κ1) is 20.4. The number of hydrogen-bond acceptors (Lipinski definition) is 2. The number of benzene rings is 1. The standard InChI is InChI=1S/C24H35N3O2/c1-16-5-4-6-17(2)23(16)26-22(29)14-27(3)13-21(28)25-15-24-10-18-7-19(11-24)9-20(8-18)12-24/h4-6,18-20H,7-15H2,1-3H3,(H,25,28)(H,26,29)/p+1. The Morgan fingerprint density at radius 1 is 0.966 bits per heavy atom. The highest BCUT2D eigenvalue weighted by Gasteiger charge is 2.50. The lowest BCUT2D eigenvalue weighted by molar-refractivity contribution is -0.862. The molecule has 5 rings (SSSR count). The van der Waals surface area contributed by atoms with Crippen LogP contribution in [0.2, 0.25) is 0 Å². The molecule has 0 aromatic heterocycles. The maximum atomic E-state index is 12.5. The average Bonchev–Trinajstić information content (AvgIpc) is 2.62. The van der Waals surface area contributed by atoms with Crippen molar-refractivity contribution in [2.75, 3.05) is 32.0 Å². The third-order valence-electron chi connectivity index (χ3n) is 7.50. The molecule has 4 aliphatic rings. The maximum Gasteiger partial charge on any atom is 0.279 e. The number of quaternary nitrogens is 1. The Kier molecular flexibility index (Phi) is 5.69. The zero-order chi connectivity index (χ0) is 20.6. The zero-order valence-electron chi connectivity index (χ0n) is 18.1. The van der Waals surface area contributed by atoms with E-state index in [0.29, 0.717) is 18.5 Å². The molecule has 4 bridgehead atoms. The summed E-state index contributed by atoms with van der Waals surface area (Å²) >= 11 is 0. The van der Waals surface area contributed by atoms with Gasteiger partial charge in [-0.2, -0.15) is 0 Å². The summed E-state index contributed by atoms with van der Waals surface area (Å²) in [5, 5.41) is 6.23. The Morgan fingerprint density at radius 3 is 2.03 bits per heavy atom. The number of anilines is 1. The van der Waals surface area contributed by atoms with Crippen molar-refractivity contribution in [3.63, 3.8) is 0 Å². The van der Waals surface area contributed by atoms with Crippen LogP contribution in [0.4, 0.5) is 5.69 Å². The fraction of sp³-hybridized carbons (Fsp3) is 0.667. The Hall–Kier alpha value is -1.88. The largest absolute Gasteiger partial charge is 0.351 e. The van der Waals surface area contributed by atoms with E-state index >= 15 is 0 Å². The van der Waals surface area contributed by atoms with E-state index in [2.05, 4.69) is 10.6 Å². The van der Waals surface area contributed by atoms with Crippen molar-refractivity contribution in [2.24, 2.45) is 23.2 Å². The van der Waals surface area contributed by atoms with Crippen molar-refractivity contribution in [3.05, 3.63) is 29.3 Å². The molecule has 1 unspecified atom stereocenters. The number of carbonyl (C=O) groups is 2. The molecule has 158 valence electrons. The second-order valence-corrected chi connectivity index (χ2v) is 10.3.